The fraction of sp³-hybridized carbons (Fsp3) is 0. The van der Waals surface area contributed by atoms with Crippen molar-refractivity contribution in [2.24, 2.45) is 0 Å². The van der Waals surface area contributed by atoms with Crippen molar-refractivity contribution in [3.63, 3.8) is 0 Å². The lowest BCUT2D eigenvalue weighted by Crippen LogP contribution is -1.81. The van der Waals surface area contributed by atoms with Crippen molar-refractivity contribution in [3.05, 3.63) is 0 Å². The van der Waals surface area contributed by atoms with Gasteiger partial charge in [-0.05, 0) is 0 Å². The van der Waals surface area contributed by atoms with Gasteiger partial charge in [-0.15, -0.1) is 0 Å². The van der Waals surface area contributed by atoms with Crippen LogP contribution in [-0.2, 0) is 0 Å². The Labute approximate surface area is 187 Å². The SMILES string of the molecule is O=C(O)O.O=C(O)O.O=C(O)O.O=C(O)O.O=C(O)O.O=C(O)O.O=C(O)O.O=C(O)O.[AlH3]. The second kappa shape index (κ2) is 50.4. The Bertz CT molecular complexity index is 361. The zero-order valence-electron chi connectivity index (χ0n) is 14.4. The summed E-state index contributed by atoms with van der Waals surface area (Å²) in [6.07, 6.45) is -14.7. The summed E-state index contributed by atoms with van der Waals surface area (Å²) in [7, 11) is 0. The van der Waals surface area contributed by atoms with Gasteiger partial charge in [0.05, 0.1) is 0 Å². The van der Waals surface area contributed by atoms with E-state index in [1.165, 1.54) is 0 Å². The Kier molecular flexibility index (Phi) is 86.3. The molecule has 0 aliphatic heterocycles. The van der Waals surface area contributed by atoms with Gasteiger partial charge in [0, 0.05) is 0 Å². The van der Waals surface area contributed by atoms with Crippen LogP contribution < -0.4 is 0 Å². The highest BCUT2D eigenvalue weighted by atomic mass is 27.0. The second-order valence-corrected chi connectivity index (χ2v) is 2.26. The van der Waals surface area contributed by atoms with Crippen LogP contribution in [0, 0.1) is 0 Å². The van der Waals surface area contributed by atoms with Crippen molar-refractivity contribution in [2.45, 2.75) is 0 Å². The topological polar surface area (TPSA) is 460 Å². The van der Waals surface area contributed by atoms with E-state index in [0.717, 1.165) is 0 Å². The molecule has 0 radical (unpaired) electrons. The molecule has 0 heterocycles. The first-order valence-corrected chi connectivity index (χ1v) is 5.21. The van der Waals surface area contributed by atoms with Crippen molar-refractivity contribution >= 4 is 66.6 Å². The van der Waals surface area contributed by atoms with E-state index in [0.29, 0.717) is 0 Å². The minimum atomic E-state index is -1.83. The molecule has 0 aromatic heterocycles. The molecule has 0 bridgehead atoms. The van der Waals surface area contributed by atoms with Crippen molar-refractivity contribution in [3.8, 4) is 0 Å². The number of carbonyl (C=O) groups is 8. The van der Waals surface area contributed by atoms with Crippen LogP contribution in [0.15, 0.2) is 0 Å². The van der Waals surface area contributed by atoms with Crippen LogP contribution in [0.1, 0.15) is 0 Å². The molecular formula is C8H19AlO24. The molecular weight excluding hydrogens is 507 g/mol. The molecule has 25 heteroatoms. The minimum Gasteiger partial charge on any atom is -0.450 e. The van der Waals surface area contributed by atoms with Crippen molar-refractivity contribution in [1.29, 1.82) is 0 Å². The number of carboxylic acid groups (broad SMARTS) is 16. The molecule has 0 aromatic carbocycles. The predicted molar refractivity (Wildman–Crippen MR) is 95.2 cm³/mol. The molecule has 0 atom stereocenters. The van der Waals surface area contributed by atoms with E-state index in [1.54, 1.807) is 0 Å². The number of hydrogen-bond donors (Lipinski definition) is 16. The van der Waals surface area contributed by atoms with E-state index in [4.69, 9.17) is 120 Å². The van der Waals surface area contributed by atoms with Crippen LogP contribution >= 0.6 is 0 Å². The van der Waals surface area contributed by atoms with Crippen LogP contribution in [0.3, 0.4) is 0 Å². The molecule has 0 aliphatic carbocycles. The highest BCUT2D eigenvalue weighted by Crippen LogP contribution is 1.45. The molecule has 0 amide bonds. The molecule has 0 saturated heterocycles. The third-order valence-corrected chi connectivity index (χ3v) is 0. The van der Waals surface area contributed by atoms with Gasteiger partial charge in [0.15, 0.2) is 17.4 Å². The predicted octanol–water partition coefficient (Wildman–Crippen LogP) is 0.595. The van der Waals surface area contributed by atoms with Gasteiger partial charge in [0.1, 0.15) is 0 Å². The Balaban J connectivity index is -0.0000000284. The van der Waals surface area contributed by atoms with Gasteiger partial charge >= 0.3 is 49.2 Å². The molecule has 0 spiro atoms. The van der Waals surface area contributed by atoms with Gasteiger partial charge in [0.25, 0.3) is 0 Å². The first-order chi connectivity index (χ1) is 13.9. The molecule has 0 rings (SSSR count). The summed E-state index contributed by atoms with van der Waals surface area (Å²) in [5, 5.41) is 112. The molecule has 24 nitrogen and oxygen atoms in total. The van der Waals surface area contributed by atoms with Crippen LogP contribution in [-0.4, -0.2) is 148 Å². The smallest absolute Gasteiger partial charge is 0.450 e. The molecule has 0 aromatic rings. The van der Waals surface area contributed by atoms with E-state index < -0.39 is 49.2 Å². The van der Waals surface area contributed by atoms with Gasteiger partial charge < -0.3 is 81.7 Å². The van der Waals surface area contributed by atoms with Gasteiger partial charge in [-0.1, -0.05) is 0 Å². The molecule has 198 valence electrons. The van der Waals surface area contributed by atoms with Crippen molar-refractivity contribution < 1.29 is 120 Å². The zero-order chi connectivity index (χ0) is 28.6. The van der Waals surface area contributed by atoms with E-state index in [9.17, 15) is 0 Å². The fourth-order valence-corrected chi connectivity index (χ4v) is 0. The van der Waals surface area contributed by atoms with Crippen LogP contribution in [0.25, 0.3) is 0 Å². The number of rotatable bonds is 0. The molecule has 0 saturated carbocycles. The summed E-state index contributed by atoms with van der Waals surface area (Å²) in [5.41, 5.74) is 0. The molecule has 0 fully saturated rings. The van der Waals surface area contributed by atoms with Crippen molar-refractivity contribution in [1.82, 2.24) is 0 Å². The van der Waals surface area contributed by atoms with E-state index in [2.05, 4.69) is 0 Å². The first-order valence-electron chi connectivity index (χ1n) is 5.21. The summed E-state index contributed by atoms with van der Waals surface area (Å²) >= 11 is 0. The summed E-state index contributed by atoms with van der Waals surface area (Å²) < 4.78 is 0. The highest BCUT2D eigenvalue weighted by Gasteiger charge is 1.72. The average molecular weight is 526 g/mol. The van der Waals surface area contributed by atoms with Crippen LogP contribution in [0.4, 0.5) is 38.4 Å². The Hall–Kier alpha value is -5.31. The quantitative estimate of drug-likeness (QED) is 0.192. The first kappa shape index (κ1) is 56.5. The minimum absolute atomic E-state index is 0. The van der Waals surface area contributed by atoms with Crippen molar-refractivity contribution in [2.75, 3.05) is 0 Å². The summed E-state index contributed by atoms with van der Waals surface area (Å²) in [6, 6.07) is 0. The van der Waals surface area contributed by atoms with Crippen LogP contribution in [0.2, 0.25) is 0 Å². The summed E-state index contributed by atoms with van der Waals surface area (Å²) in [6.45, 7) is 0. The maximum Gasteiger partial charge on any atom is 0.503 e. The summed E-state index contributed by atoms with van der Waals surface area (Å²) in [4.78, 5) is 68.4. The van der Waals surface area contributed by atoms with E-state index in [1.807, 2.05) is 0 Å². The third kappa shape index (κ3) is 578. The Morgan fingerprint density at radius 1 is 0.212 bits per heavy atom. The lowest BCUT2D eigenvalue weighted by molar-refractivity contribution is 0.135. The third-order valence-electron chi connectivity index (χ3n) is 0. The van der Waals surface area contributed by atoms with Gasteiger partial charge in [-0.2, -0.15) is 0 Å². The Morgan fingerprint density at radius 2 is 0.212 bits per heavy atom. The Morgan fingerprint density at radius 3 is 0.212 bits per heavy atom. The molecule has 0 unspecified atom stereocenters. The zero-order valence-corrected chi connectivity index (χ0v) is 14.4. The lowest BCUT2D eigenvalue weighted by atomic mass is 11.5. The maximum absolute atomic E-state index is 8.56. The monoisotopic (exact) mass is 526 g/mol. The fourth-order valence-electron chi connectivity index (χ4n) is 0. The van der Waals surface area contributed by atoms with E-state index in [-0.39, 0.29) is 17.4 Å². The normalized spacial score (nSPS) is 5.82. The van der Waals surface area contributed by atoms with Gasteiger partial charge in [-0.3, -0.25) is 0 Å². The van der Waals surface area contributed by atoms with Gasteiger partial charge in [-0.25, -0.2) is 38.4 Å². The summed E-state index contributed by atoms with van der Waals surface area (Å²) in [5.74, 6) is 0. The standard InChI is InChI=1S/8CH2O3.Al.3H/c8*2-1(3)4;;;;/h8*(H2,2,3,4);;;;. The average Bonchev–Trinajstić information content (AvgIpc) is 2.30. The largest absolute Gasteiger partial charge is 0.503 e. The van der Waals surface area contributed by atoms with Gasteiger partial charge in [0.2, 0.25) is 0 Å². The molecule has 0 aliphatic rings. The van der Waals surface area contributed by atoms with E-state index >= 15 is 0 Å². The molecule has 33 heavy (non-hydrogen) atoms. The lowest BCUT2D eigenvalue weighted by Gasteiger charge is -1.60. The second-order valence-electron chi connectivity index (χ2n) is 2.26. The molecule has 16 N–H and O–H groups in total. The highest BCUT2D eigenvalue weighted by molar-refractivity contribution is 5.75. The van der Waals surface area contributed by atoms with Crippen LogP contribution in [0.5, 0.6) is 0 Å². The number of hydrogen-bond acceptors (Lipinski definition) is 8. The maximum atomic E-state index is 8.56.